The van der Waals surface area contributed by atoms with Crippen LogP contribution < -0.4 is 0 Å². The molecule has 1 aromatic carbocycles. The number of rotatable bonds is 13. The van der Waals surface area contributed by atoms with Crippen LogP contribution >= 0.6 is 22.7 Å². The first-order valence-electron chi connectivity index (χ1n) is 15.9. The van der Waals surface area contributed by atoms with Crippen molar-refractivity contribution in [3.05, 3.63) is 80.5 Å². The lowest BCUT2D eigenvalue weighted by atomic mass is 9.91. The van der Waals surface area contributed by atoms with E-state index in [1.807, 2.05) is 47.2 Å². The van der Waals surface area contributed by atoms with Crippen LogP contribution in [-0.2, 0) is 37.6 Å². The summed E-state index contributed by atoms with van der Waals surface area (Å²) in [5.74, 6) is 0.650. The van der Waals surface area contributed by atoms with Gasteiger partial charge in [-0.15, -0.1) is 22.7 Å². The summed E-state index contributed by atoms with van der Waals surface area (Å²) in [5, 5.41) is 19.4. The Labute approximate surface area is 272 Å². The zero-order chi connectivity index (χ0) is 31.1. The van der Waals surface area contributed by atoms with E-state index in [9.17, 15) is 9.90 Å². The average Bonchev–Trinajstić information content (AvgIpc) is 3.89. The molecule has 2 aliphatic rings. The number of carbonyl (C=O) groups is 1. The normalized spacial score (nSPS) is 20.8. The first kappa shape index (κ1) is 32.0. The molecule has 1 unspecified atom stereocenters. The van der Waals surface area contributed by atoms with Gasteiger partial charge in [-0.3, -0.25) is 0 Å². The second-order valence-electron chi connectivity index (χ2n) is 11.9. The van der Waals surface area contributed by atoms with E-state index in [0.29, 0.717) is 40.5 Å². The molecule has 3 aromatic heterocycles. The molecule has 1 atom stereocenters. The van der Waals surface area contributed by atoms with Crippen molar-refractivity contribution in [2.45, 2.75) is 88.4 Å². The Morgan fingerprint density at radius 1 is 1.02 bits per heavy atom. The monoisotopic (exact) mass is 651 g/mol. The van der Waals surface area contributed by atoms with E-state index in [-0.39, 0.29) is 12.4 Å². The second kappa shape index (κ2) is 15.1. The molecule has 1 saturated carbocycles. The molecule has 4 aromatic rings. The number of hydrogen-bond donors (Lipinski definition) is 1. The first-order chi connectivity index (χ1) is 22.0. The smallest absolute Gasteiger partial charge is 0.349 e. The van der Waals surface area contributed by atoms with Gasteiger partial charge in [-0.2, -0.15) is 4.98 Å². The van der Waals surface area contributed by atoms with Crippen LogP contribution in [-0.4, -0.2) is 64.8 Å². The van der Waals surface area contributed by atoms with Crippen LogP contribution in [0, 0.1) is 0 Å². The van der Waals surface area contributed by atoms with E-state index in [1.165, 1.54) is 22.7 Å². The van der Waals surface area contributed by atoms with Crippen LogP contribution in [0.2, 0.25) is 0 Å². The maximum Gasteiger partial charge on any atom is 0.349 e. The Bertz CT molecular complexity index is 1430. The Balaban J connectivity index is 0.922. The standard InChI is InChI=1S/C34H41N3O6S2/c1-37(26-15-17-27(18-16-26)42-33(38)34(39,28-7-5-21-44-28)29-8-6-22-45-29)19-4-9-30-35-32(36-43-30)25-13-11-24(12-14-25)23-41-31-10-2-3-20-40-31/h5-8,11-14,21-22,26-27,31,39H,2-4,9-10,15-20,23H2,1H3. The minimum Gasteiger partial charge on any atom is -0.460 e. The zero-order valence-electron chi connectivity index (χ0n) is 25.6. The number of aliphatic hydroxyl groups is 1. The number of hydrogen-bond acceptors (Lipinski definition) is 11. The van der Waals surface area contributed by atoms with Gasteiger partial charge in [0, 0.05) is 24.6 Å². The lowest BCUT2D eigenvalue weighted by Crippen LogP contribution is -2.42. The quantitative estimate of drug-likeness (QED) is 0.161. The van der Waals surface area contributed by atoms with Crippen molar-refractivity contribution in [1.82, 2.24) is 15.0 Å². The Morgan fingerprint density at radius 3 is 2.40 bits per heavy atom. The topological polar surface area (TPSA) is 107 Å². The van der Waals surface area contributed by atoms with Gasteiger partial charge in [-0.1, -0.05) is 41.6 Å². The molecule has 1 aliphatic carbocycles. The van der Waals surface area contributed by atoms with Crippen molar-refractivity contribution in [2.75, 3.05) is 20.2 Å². The molecule has 11 heteroatoms. The van der Waals surface area contributed by atoms with Crippen LogP contribution in [0.15, 0.2) is 63.8 Å². The summed E-state index contributed by atoms with van der Waals surface area (Å²) >= 11 is 2.72. The minimum atomic E-state index is -1.76. The summed E-state index contributed by atoms with van der Waals surface area (Å²) < 4.78 is 23.0. The van der Waals surface area contributed by atoms with Crippen LogP contribution in [0.1, 0.15) is 72.6 Å². The Hall–Kier alpha value is -2.93. The van der Waals surface area contributed by atoms with Gasteiger partial charge in [0.25, 0.3) is 0 Å². The largest absolute Gasteiger partial charge is 0.460 e. The fraction of sp³-hybridized carbons (Fsp3) is 0.500. The summed E-state index contributed by atoms with van der Waals surface area (Å²) in [7, 11) is 2.15. The van der Waals surface area contributed by atoms with Gasteiger partial charge in [0.2, 0.25) is 17.3 Å². The third kappa shape index (κ3) is 7.90. The van der Waals surface area contributed by atoms with Crippen molar-refractivity contribution in [2.24, 2.45) is 0 Å². The van der Waals surface area contributed by atoms with Crippen LogP contribution in [0.3, 0.4) is 0 Å². The second-order valence-corrected chi connectivity index (χ2v) is 13.8. The number of thiophene rings is 2. The lowest BCUT2D eigenvalue weighted by molar-refractivity contribution is -0.169. The van der Waals surface area contributed by atoms with Gasteiger partial charge in [0.05, 0.1) is 16.4 Å². The molecule has 9 nitrogen and oxygen atoms in total. The molecule has 1 N–H and O–H groups in total. The third-order valence-electron chi connectivity index (χ3n) is 8.75. The van der Waals surface area contributed by atoms with Gasteiger partial charge >= 0.3 is 5.97 Å². The molecule has 0 spiro atoms. The van der Waals surface area contributed by atoms with E-state index < -0.39 is 11.6 Å². The number of carbonyl (C=O) groups excluding carboxylic acids is 1. The molecular formula is C34H41N3O6S2. The van der Waals surface area contributed by atoms with Crippen molar-refractivity contribution in [1.29, 1.82) is 0 Å². The van der Waals surface area contributed by atoms with E-state index in [1.54, 1.807) is 12.1 Å². The minimum absolute atomic E-state index is 0.0989. The van der Waals surface area contributed by atoms with E-state index >= 15 is 0 Å². The molecule has 2 fully saturated rings. The van der Waals surface area contributed by atoms with E-state index in [2.05, 4.69) is 22.1 Å². The van der Waals surface area contributed by atoms with Gasteiger partial charge < -0.3 is 28.7 Å². The highest BCUT2D eigenvalue weighted by Gasteiger charge is 2.45. The molecule has 0 bridgehead atoms. The van der Waals surface area contributed by atoms with Crippen molar-refractivity contribution < 1.29 is 28.6 Å². The van der Waals surface area contributed by atoms with Crippen molar-refractivity contribution in [3.8, 4) is 11.4 Å². The molecule has 240 valence electrons. The fourth-order valence-electron chi connectivity index (χ4n) is 6.05. The average molecular weight is 652 g/mol. The summed E-state index contributed by atoms with van der Waals surface area (Å²) in [6.45, 7) is 2.21. The lowest BCUT2D eigenvalue weighted by Gasteiger charge is -2.35. The molecular weight excluding hydrogens is 611 g/mol. The highest BCUT2D eigenvalue weighted by Crippen LogP contribution is 2.38. The first-order valence-corrected chi connectivity index (χ1v) is 17.6. The van der Waals surface area contributed by atoms with Crippen molar-refractivity contribution in [3.63, 3.8) is 0 Å². The van der Waals surface area contributed by atoms with Gasteiger partial charge in [0.1, 0.15) is 6.10 Å². The molecule has 1 aliphatic heterocycles. The molecule has 6 rings (SSSR count). The third-order valence-corrected chi connectivity index (χ3v) is 10.7. The molecule has 45 heavy (non-hydrogen) atoms. The summed E-state index contributed by atoms with van der Waals surface area (Å²) in [4.78, 5) is 21.5. The van der Waals surface area contributed by atoms with Crippen LogP contribution in [0.5, 0.6) is 0 Å². The molecule has 4 heterocycles. The molecule has 1 saturated heterocycles. The maximum atomic E-state index is 13.3. The van der Waals surface area contributed by atoms with Crippen LogP contribution in [0.25, 0.3) is 11.4 Å². The number of benzene rings is 1. The maximum absolute atomic E-state index is 13.3. The number of ether oxygens (including phenoxy) is 3. The van der Waals surface area contributed by atoms with Crippen LogP contribution in [0.4, 0.5) is 0 Å². The van der Waals surface area contributed by atoms with Gasteiger partial charge in [0.15, 0.2) is 6.29 Å². The Kier molecular flexibility index (Phi) is 10.8. The van der Waals surface area contributed by atoms with Crippen molar-refractivity contribution >= 4 is 28.6 Å². The van der Waals surface area contributed by atoms with Gasteiger partial charge in [-0.05, 0) is 93.4 Å². The number of aromatic nitrogens is 2. The number of nitrogens with zero attached hydrogens (tertiary/aromatic N) is 3. The Morgan fingerprint density at radius 2 is 1.76 bits per heavy atom. The zero-order valence-corrected chi connectivity index (χ0v) is 27.3. The molecule has 0 amide bonds. The molecule has 0 radical (unpaired) electrons. The number of esters is 1. The predicted octanol–water partition coefficient (Wildman–Crippen LogP) is 6.56. The highest BCUT2D eigenvalue weighted by molar-refractivity contribution is 7.12. The number of aryl methyl sites for hydroxylation is 1. The highest BCUT2D eigenvalue weighted by atomic mass is 32.1. The summed E-state index contributed by atoms with van der Waals surface area (Å²) in [5.41, 5.74) is 0.249. The summed E-state index contributed by atoms with van der Waals surface area (Å²) in [6.07, 6.45) is 7.96. The SMILES string of the molecule is CN(CCCc1nc(-c2ccc(COC3CCCCO3)cc2)no1)C1CCC(OC(=O)C(O)(c2cccs2)c2cccs2)CC1. The van der Waals surface area contributed by atoms with E-state index in [4.69, 9.17) is 18.7 Å². The van der Waals surface area contributed by atoms with E-state index in [0.717, 1.165) is 75.6 Å². The summed E-state index contributed by atoms with van der Waals surface area (Å²) in [6, 6.07) is 15.7. The predicted molar refractivity (Wildman–Crippen MR) is 173 cm³/mol. The van der Waals surface area contributed by atoms with Gasteiger partial charge in [-0.25, -0.2) is 4.79 Å². The fourth-order valence-corrected chi connectivity index (χ4v) is 7.76.